The number of furan rings is 1. The van der Waals surface area contributed by atoms with Crippen LogP contribution in [0.4, 0.5) is 5.69 Å². The van der Waals surface area contributed by atoms with Crippen molar-refractivity contribution in [2.45, 2.75) is 51.5 Å². The first-order valence-electron chi connectivity index (χ1n) is 11.1. The topological polar surface area (TPSA) is 137 Å². The Balaban J connectivity index is 1.64. The molecule has 0 spiro atoms. The summed E-state index contributed by atoms with van der Waals surface area (Å²) in [5, 5.41) is 16.9. The number of anilines is 1. The van der Waals surface area contributed by atoms with Gasteiger partial charge in [-0.15, -0.1) is 8.80 Å². The maximum atomic E-state index is 13.1. The molecule has 1 aromatic heterocycles. The molecule has 0 aliphatic carbocycles. The van der Waals surface area contributed by atoms with Gasteiger partial charge in [0.2, 0.25) is 10.0 Å². The zero-order chi connectivity index (χ0) is 25.5. The summed E-state index contributed by atoms with van der Waals surface area (Å²) < 4.78 is 53.7. The van der Waals surface area contributed by atoms with Gasteiger partial charge in [-0.3, -0.25) is 0 Å². The van der Waals surface area contributed by atoms with Crippen LogP contribution in [0.25, 0.3) is 0 Å². The number of amidine groups is 2. The second kappa shape index (κ2) is 9.57. The summed E-state index contributed by atoms with van der Waals surface area (Å²) in [4.78, 5) is -0.379. The number of hydrogen-bond acceptors (Lipinski definition) is 7. The smallest absolute Gasteiger partial charge is 0.269 e. The Morgan fingerprint density at radius 1 is 1.14 bits per heavy atom. The number of hydrogen-bond donors (Lipinski definition) is 3. The molecule has 2 aliphatic heterocycles. The zero-order valence-corrected chi connectivity index (χ0v) is 22.2. The van der Waals surface area contributed by atoms with Gasteiger partial charge in [0, 0.05) is 13.1 Å². The average Bonchev–Trinajstić information content (AvgIpc) is 3.49. The highest BCUT2D eigenvalue weighted by atomic mass is 35.5. The van der Waals surface area contributed by atoms with Crippen LogP contribution in [0.15, 0.2) is 42.4 Å². The van der Waals surface area contributed by atoms with Crippen molar-refractivity contribution in [3.8, 4) is 5.75 Å². The van der Waals surface area contributed by atoms with Crippen molar-refractivity contribution in [3.63, 3.8) is 0 Å². The number of aryl methyl sites for hydroxylation is 1. The molecule has 0 amide bonds. The average molecular weight is 542 g/mol. The van der Waals surface area contributed by atoms with E-state index < -0.39 is 26.9 Å². The number of benzene rings is 1. The summed E-state index contributed by atoms with van der Waals surface area (Å²) in [5.41, 5.74) is -0.276. The van der Waals surface area contributed by atoms with Crippen molar-refractivity contribution in [2.24, 2.45) is 14.2 Å². The maximum Gasteiger partial charge on any atom is 0.269 e. The van der Waals surface area contributed by atoms with Gasteiger partial charge >= 0.3 is 0 Å². The Labute approximate surface area is 212 Å². The Kier molecular flexibility index (Phi) is 7.02. The van der Waals surface area contributed by atoms with Gasteiger partial charge in [0.1, 0.15) is 16.4 Å². The van der Waals surface area contributed by atoms with E-state index in [4.69, 9.17) is 16.0 Å². The normalized spacial score (nSPS) is 20.0. The van der Waals surface area contributed by atoms with Gasteiger partial charge in [-0.05, 0) is 49.4 Å². The third-order valence-electron chi connectivity index (χ3n) is 5.76. The van der Waals surface area contributed by atoms with Crippen molar-refractivity contribution < 1.29 is 22.2 Å². The number of aromatic hydroxyl groups is 1. The van der Waals surface area contributed by atoms with E-state index in [1.807, 2.05) is 39.8 Å². The van der Waals surface area contributed by atoms with Crippen molar-refractivity contribution in [3.05, 3.63) is 40.8 Å². The van der Waals surface area contributed by atoms with Crippen LogP contribution in [-0.4, -0.2) is 46.8 Å². The Hall–Kier alpha value is -2.41. The van der Waals surface area contributed by atoms with Crippen LogP contribution < -0.4 is 10.6 Å². The van der Waals surface area contributed by atoms with Crippen LogP contribution in [0.2, 0.25) is 5.02 Å². The van der Waals surface area contributed by atoms with E-state index in [1.165, 1.54) is 16.4 Å². The van der Waals surface area contributed by atoms with Crippen LogP contribution in [0.1, 0.15) is 51.2 Å². The standard InChI is InChI=1S/C22H28ClN5O5S2/c1-13-7-10-16(33-13)19(22(2,3)4)25-21-20(26-34(30)27-21)24-15-9-8-14(23)18(17(15)29)35(31,32)28-11-5-6-12-28/h7-10,19,29H,5-6,11-12H2,1-4H3,(H,24,26)(H,25,27). The molecule has 2 atom stereocenters. The number of phenolic OH excluding ortho intramolecular Hbond substituents is 1. The third kappa shape index (κ3) is 5.25. The Morgan fingerprint density at radius 3 is 2.40 bits per heavy atom. The monoisotopic (exact) mass is 541 g/mol. The highest BCUT2D eigenvalue weighted by molar-refractivity contribution is 7.89. The predicted molar refractivity (Wildman–Crippen MR) is 137 cm³/mol. The van der Waals surface area contributed by atoms with Crippen molar-refractivity contribution in [1.82, 2.24) is 9.62 Å². The van der Waals surface area contributed by atoms with E-state index in [2.05, 4.69) is 19.4 Å². The van der Waals surface area contributed by atoms with E-state index in [0.717, 1.165) is 18.6 Å². The molecule has 2 aliphatic rings. The van der Waals surface area contributed by atoms with E-state index in [0.29, 0.717) is 18.8 Å². The minimum absolute atomic E-state index is 0.0421. The lowest BCUT2D eigenvalue weighted by molar-refractivity contribution is 0.261. The molecule has 2 aromatic rings. The van der Waals surface area contributed by atoms with Crippen molar-refractivity contribution in [2.75, 3.05) is 18.4 Å². The lowest BCUT2D eigenvalue weighted by Crippen LogP contribution is -2.41. The van der Waals surface area contributed by atoms with Crippen molar-refractivity contribution >= 4 is 50.2 Å². The Bertz CT molecular complexity index is 1320. The number of nitrogens with one attached hydrogen (secondary N) is 2. The molecule has 3 heterocycles. The first-order chi connectivity index (χ1) is 16.4. The second-order valence-electron chi connectivity index (χ2n) is 9.51. The first-order valence-corrected chi connectivity index (χ1v) is 14.0. The zero-order valence-electron chi connectivity index (χ0n) is 19.8. The van der Waals surface area contributed by atoms with Gasteiger partial charge in [-0.2, -0.15) is 4.31 Å². The molecule has 2 unspecified atom stereocenters. The lowest BCUT2D eigenvalue weighted by atomic mass is 9.85. The summed E-state index contributed by atoms with van der Waals surface area (Å²) in [5.74, 6) is 1.15. The predicted octanol–water partition coefficient (Wildman–Crippen LogP) is 3.91. The van der Waals surface area contributed by atoms with Gasteiger partial charge in [-0.1, -0.05) is 32.4 Å². The fourth-order valence-electron chi connectivity index (χ4n) is 3.98. The second-order valence-corrected chi connectivity index (χ2v) is 12.6. The number of halogens is 1. The number of phenols is 1. The van der Waals surface area contributed by atoms with Gasteiger partial charge in [0.15, 0.2) is 17.4 Å². The van der Waals surface area contributed by atoms with Crippen LogP contribution >= 0.6 is 11.6 Å². The lowest BCUT2D eigenvalue weighted by Gasteiger charge is -2.30. The highest BCUT2D eigenvalue weighted by Crippen LogP contribution is 2.40. The summed E-state index contributed by atoms with van der Waals surface area (Å²) in [6.07, 6.45) is 1.49. The molecule has 1 saturated heterocycles. The summed E-state index contributed by atoms with van der Waals surface area (Å²) in [6.45, 7) is 8.61. The molecular formula is C22H28ClN5O5S2. The molecule has 1 fully saturated rings. The molecule has 10 nitrogen and oxygen atoms in total. The first kappa shape index (κ1) is 25.7. The minimum Gasteiger partial charge on any atom is -0.504 e. The molecule has 0 radical (unpaired) electrons. The van der Waals surface area contributed by atoms with Crippen molar-refractivity contribution in [1.29, 1.82) is 0 Å². The fourth-order valence-corrected chi connectivity index (χ4v) is 6.71. The Morgan fingerprint density at radius 2 is 1.80 bits per heavy atom. The summed E-state index contributed by atoms with van der Waals surface area (Å²) in [6, 6.07) is 6.18. The fraction of sp³-hybridized carbons (Fsp3) is 0.455. The van der Waals surface area contributed by atoms with Gasteiger partial charge in [0.05, 0.1) is 16.8 Å². The van der Waals surface area contributed by atoms with E-state index in [-0.39, 0.29) is 38.7 Å². The molecule has 0 bridgehead atoms. The van der Waals surface area contributed by atoms with Crippen LogP contribution in [0.3, 0.4) is 0 Å². The van der Waals surface area contributed by atoms with Gasteiger partial charge in [-0.25, -0.2) is 12.6 Å². The number of sulfonamides is 1. The molecule has 35 heavy (non-hydrogen) atoms. The van der Waals surface area contributed by atoms with Crippen LogP contribution in [0, 0.1) is 12.3 Å². The minimum atomic E-state index is -4.00. The quantitative estimate of drug-likeness (QED) is 0.488. The molecule has 1 aromatic carbocycles. The summed E-state index contributed by atoms with van der Waals surface area (Å²) >= 11 is 4.30. The largest absolute Gasteiger partial charge is 0.504 e. The third-order valence-corrected chi connectivity index (χ3v) is 8.83. The molecule has 0 saturated carbocycles. The molecule has 4 rings (SSSR count). The number of rotatable bonds is 5. The van der Waals surface area contributed by atoms with E-state index in [1.54, 1.807) is 0 Å². The molecule has 190 valence electrons. The molecule has 13 heteroatoms. The molecule has 3 N–H and O–H groups in total. The number of nitrogens with zero attached hydrogens (tertiary/aromatic N) is 3. The summed E-state index contributed by atoms with van der Waals surface area (Å²) in [7, 11) is -4.00. The SMILES string of the molecule is Cc1ccc(C(NC2=NS(=O)N=C2Nc2ccc(Cl)c(S(=O)(=O)N3CCCC3)c2O)C(C)(C)C)o1. The molecular weight excluding hydrogens is 514 g/mol. The van der Waals surface area contributed by atoms with Gasteiger partial charge in [0.25, 0.3) is 11.2 Å². The van der Waals surface area contributed by atoms with Crippen LogP contribution in [-0.2, 0) is 21.2 Å². The van der Waals surface area contributed by atoms with Gasteiger partial charge < -0.3 is 20.2 Å². The van der Waals surface area contributed by atoms with E-state index >= 15 is 0 Å². The van der Waals surface area contributed by atoms with E-state index in [9.17, 15) is 17.7 Å². The maximum absolute atomic E-state index is 13.1. The highest BCUT2D eigenvalue weighted by Gasteiger charge is 2.35. The van der Waals surface area contributed by atoms with Crippen LogP contribution in [0.5, 0.6) is 5.75 Å².